The van der Waals surface area contributed by atoms with Crippen LogP contribution in [-0.4, -0.2) is 31.8 Å². The molecule has 0 spiro atoms. The zero-order valence-corrected chi connectivity index (χ0v) is 13.2. The van der Waals surface area contributed by atoms with Crippen LogP contribution in [0.1, 0.15) is 42.1 Å². The van der Waals surface area contributed by atoms with E-state index >= 15 is 0 Å². The van der Waals surface area contributed by atoms with Gasteiger partial charge in [0.2, 0.25) is 0 Å². The maximum Gasteiger partial charge on any atom is 0.271 e. The number of halogens is 1. The molecule has 1 fully saturated rings. The number of hydrogen-bond acceptors (Lipinski definition) is 4. The third-order valence-electron chi connectivity index (χ3n) is 3.16. The minimum absolute atomic E-state index is 0.0739. The van der Waals surface area contributed by atoms with Gasteiger partial charge in [-0.25, -0.2) is 8.42 Å². The highest BCUT2D eigenvalue weighted by Crippen LogP contribution is 2.33. The largest absolute Gasteiger partial charge is 0.336 e. The highest BCUT2D eigenvalue weighted by Gasteiger charge is 2.34. The Kier molecular flexibility index (Phi) is 4.23. The van der Waals surface area contributed by atoms with E-state index in [1.807, 2.05) is 11.8 Å². The Labute approximate surface area is 121 Å². The number of carbonyl (C=O) groups is 1. The summed E-state index contributed by atoms with van der Waals surface area (Å²) in [6, 6.07) is 0.322. The van der Waals surface area contributed by atoms with Gasteiger partial charge in [-0.2, -0.15) is 0 Å². The van der Waals surface area contributed by atoms with E-state index in [0.29, 0.717) is 23.7 Å². The number of carbonyl (C=O) groups excluding carboxylic acids is 1. The Morgan fingerprint density at radius 2 is 2.16 bits per heavy atom. The first-order chi connectivity index (χ1) is 8.86. The summed E-state index contributed by atoms with van der Waals surface area (Å²) < 4.78 is 22.8. The molecule has 0 radical (unpaired) electrons. The third kappa shape index (κ3) is 3.12. The zero-order chi connectivity index (χ0) is 14.2. The average molecular weight is 322 g/mol. The summed E-state index contributed by atoms with van der Waals surface area (Å²) in [5, 5.41) is 1.60. The molecule has 1 aromatic heterocycles. The molecule has 0 unspecified atom stereocenters. The molecule has 7 heteroatoms. The molecule has 0 saturated heterocycles. The van der Waals surface area contributed by atoms with Crippen LogP contribution >= 0.6 is 22.0 Å². The fourth-order valence-electron chi connectivity index (χ4n) is 2.08. The number of amides is 1. The van der Waals surface area contributed by atoms with Gasteiger partial charge in [0.25, 0.3) is 15.0 Å². The lowest BCUT2D eigenvalue weighted by molar-refractivity contribution is 0.0743. The molecule has 0 aliphatic heterocycles. The molecule has 106 valence electrons. The van der Waals surface area contributed by atoms with Crippen molar-refractivity contribution in [1.82, 2.24) is 4.90 Å². The summed E-state index contributed by atoms with van der Waals surface area (Å²) >= 11 is 1.01. The summed E-state index contributed by atoms with van der Waals surface area (Å²) in [6.07, 6.45) is 2.97. The van der Waals surface area contributed by atoms with Crippen molar-refractivity contribution in [3.05, 3.63) is 16.5 Å². The maximum atomic E-state index is 12.5. The maximum absolute atomic E-state index is 12.5. The van der Waals surface area contributed by atoms with Crippen LogP contribution in [0.5, 0.6) is 0 Å². The van der Waals surface area contributed by atoms with Crippen LogP contribution in [0.2, 0.25) is 0 Å². The van der Waals surface area contributed by atoms with E-state index in [1.54, 1.807) is 12.3 Å². The Bertz CT molecular complexity index is 590. The molecule has 1 aromatic rings. The zero-order valence-electron chi connectivity index (χ0n) is 10.8. The van der Waals surface area contributed by atoms with E-state index in [4.69, 9.17) is 10.7 Å². The molecule has 0 aromatic carbocycles. The number of nitrogens with zero attached hydrogens (tertiary/aromatic N) is 1. The van der Waals surface area contributed by atoms with Crippen LogP contribution in [0.3, 0.4) is 0 Å². The van der Waals surface area contributed by atoms with Crippen LogP contribution in [0.4, 0.5) is 0 Å². The van der Waals surface area contributed by atoms with Crippen LogP contribution < -0.4 is 0 Å². The van der Waals surface area contributed by atoms with E-state index in [9.17, 15) is 13.2 Å². The second kappa shape index (κ2) is 5.42. The first kappa shape index (κ1) is 14.8. The monoisotopic (exact) mass is 321 g/mol. The van der Waals surface area contributed by atoms with Crippen molar-refractivity contribution < 1.29 is 13.2 Å². The minimum Gasteiger partial charge on any atom is -0.336 e. The Balaban J connectivity index is 2.31. The molecule has 1 heterocycles. The number of rotatable bonds is 5. The summed E-state index contributed by atoms with van der Waals surface area (Å²) in [7, 11) is 1.59. The van der Waals surface area contributed by atoms with E-state index in [-0.39, 0.29) is 10.1 Å². The Morgan fingerprint density at radius 1 is 1.53 bits per heavy atom. The molecule has 0 bridgehead atoms. The summed E-state index contributed by atoms with van der Waals surface area (Å²) in [4.78, 5) is 14.3. The molecule has 0 atom stereocenters. The predicted octanol–water partition coefficient (Wildman–Crippen LogP) is 3.00. The second-order valence-corrected chi connectivity index (χ2v) is 8.37. The smallest absolute Gasteiger partial charge is 0.271 e. The molecule has 1 amide bonds. The van der Waals surface area contributed by atoms with Crippen molar-refractivity contribution in [2.45, 2.75) is 43.4 Å². The number of thiophene rings is 1. The van der Waals surface area contributed by atoms with Crippen molar-refractivity contribution in [3.8, 4) is 0 Å². The van der Waals surface area contributed by atoms with Crippen LogP contribution in [0, 0.1) is 6.92 Å². The predicted molar refractivity (Wildman–Crippen MR) is 76.4 cm³/mol. The normalized spacial score (nSPS) is 15.5. The lowest BCUT2D eigenvalue weighted by Crippen LogP contribution is -2.33. The third-order valence-corrected chi connectivity index (χ3v) is 6.47. The summed E-state index contributed by atoms with van der Waals surface area (Å²) in [5.41, 5.74) is 0.927. The molecule has 1 saturated carbocycles. The topological polar surface area (TPSA) is 54.5 Å². The van der Waals surface area contributed by atoms with Crippen LogP contribution in [0.25, 0.3) is 0 Å². The summed E-state index contributed by atoms with van der Waals surface area (Å²) in [6.45, 7) is 4.37. The van der Waals surface area contributed by atoms with Gasteiger partial charge < -0.3 is 4.90 Å². The SMILES string of the molecule is CCCN(C(=O)c1csc(S(=O)(=O)Cl)c1C)C1CC1. The summed E-state index contributed by atoms with van der Waals surface area (Å²) in [5.74, 6) is -0.0790. The molecule has 4 nitrogen and oxygen atoms in total. The van der Waals surface area contributed by atoms with E-state index < -0.39 is 9.05 Å². The highest BCUT2D eigenvalue weighted by atomic mass is 35.7. The molecule has 0 N–H and O–H groups in total. The van der Waals surface area contributed by atoms with Gasteiger partial charge in [-0.15, -0.1) is 11.3 Å². The van der Waals surface area contributed by atoms with Gasteiger partial charge >= 0.3 is 0 Å². The fraction of sp³-hybridized carbons (Fsp3) is 0.583. The van der Waals surface area contributed by atoms with Gasteiger partial charge in [-0.05, 0) is 31.7 Å². The van der Waals surface area contributed by atoms with Crippen LogP contribution in [-0.2, 0) is 9.05 Å². The van der Waals surface area contributed by atoms with E-state index in [2.05, 4.69) is 0 Å². The second-order valence-electron chi connectivity index (χ2n) is 4.73. The molecule has 1 aliphatic carbocycles. The van der Waals surface area contributed by atoms with Crippen LogP contribution in [0.15, 0.2) is 9.59 Å². The first-order valence-corrected chi connectivity index (χ1v) is 9.39. The van der Waals surface area contributed by atoms with Crippen molar-refractivity contribution in [3.63, 3.8) is 0 Å². The van der Waals surface area contributed by atoms with Crippen molar-refractivity contribution >= 4 is 37.0 Å². The van der Waals surface area contributed by atoms with Crippen molar-refractivity contribution in [2.24, 2.45) is 0 Å². The molecule has 19 heavy (non-hydrogen) atoms. The number of hydrogen-bond donors (Lipinski definition) is 0. The Hall–Kier alpha value is -0.590. The first-order valence-electron chi connectivity index (χ1n) is 6.20. The van der Waals surface area contributed by atoms with Gasteiger partial charge in [-0.3, -0.25) is 4.79 Å². The van der Waals surface area contributed by atoms with E-state index in [0.717, 1.165) is 30.6 Å². The van der Waals surface area contributed by atoms with Gasteiger partial charge in [0, 0.05) is 28.6 Å². The lowest BCUT2D eigenvalue weighted by atomic mass is 10.2. The van der Waals surface area contributed by atoms with Crippen molar-refractivity contribution in [2.75, 3.05) is 6.54 Å². The molecular weight excluding hydrogens is 306 g/mol. The quantitative estimate of drug-likeness (QED) is 0.783. The highest BCUT2D eigenvalue weighted by molar-refractivity contribution is 8.15. The van der Waals surface area contributed by atoms with E-state index in [1.165, 1.54) is 0 Å². The van der Waals surface area contributed by atoms with Gasteiger partial charge in [-0.1, -0.05) is 6.92 Å². The molecule has 2 rings (SSSR count). The van der Waals surface area contributed by atoms with Gasteiger partial charge in [0.05, 0.1) is 5.56 Å². The molecular formula is C12H16ClNO3S2. The lowest BCUT2D eigenvalue weighted by Gasteiger charge is -2.21. The van der Waals surface area contributed by atoms with Gasteiger partial charge in [0.15, 0.2) is 0 Å². The molecule has 1 aliphatic rings. The van der Waals surface area contributed by atoms with Crippen molar-refractivity contribution in [1.29, 1.82) is 0 Å². The minimum atomic E-state index is -3.77. The fourth-order valence-corrected chi connectivity index (χ4v) is 4.63. The van der Waals surface area contributed by atoms with Gasteiger partial charge in [0.1, 0.15) is 4.21 Å². The average Bonchev–Trinajstić information content (AvgIpc) is 3.06. The standard InChI is InChI=1S/C12H16ClNO3S2/c1-3-6-14(9-4-5-9)11(15)10-7-18-12(8(10)2)19(13,16)17/h7,9H,3-6H2,1-2H3. The Morgan fingerprint density at radius 3 is 2.58 bits per heavy atom.